The summed E-state index contributed by atoms with van der Waals surface area (Å²) in [4.78, 5) is 3.95. The zero-order chi connectivity index (χ0) is 12.5. The minimum Gasteiger partial charge on any atom is -0.248 e. The number of rotatable bonds is 3. The van der Waals surface area contributed by atoms with Crippen molar-refractivity contribution in [2.75, 3.05) is 4.72 Å². The van der Waals surface area contributed by atoms with E-state index in [1.54, 1.807) is 19.1 Å². The molecule has 0 aliphatic rings. The predicted molar refractivity (Wildman–Crippen MR) is 63.1 cm³/mol. The first-order valence-corrected chi connectivity index (χ1v) is 6.43. The summed E-state index contributed by atoms with van der Waals surface area (Å²) in [6.07, 6.45) is 1.24. The standard InChI is InChI=1S/C10H12N4O2S/c1-7-3-4-9(8(2)5-7)17(15,16)14-10-11-6-12-13-10/h3-6H,1-2H3,(H2,11,12,13,14). The monoisotopic (exact) mass is 252 g/mol. The Morgan fingerprint density at radius 3 is 2.65 bits per heavy atom. The minimum absolute atomic E-state index is 0.102. The van der Waals surface area contributed by atoms with Crippen molar-refractivity contribution in [3.63, 3.8) is 0 Å². The van der Waals surface area contributed by atoms with E-state index in [1.807, 2.05) is 13.0 Å². The Balaban J connectivity index is 2.38. The third kappa shape index (κ3) is 2.44. The van der Waals surface area contributed by atoms with Crippen molar-refractivity contribution >= 4 is 16.0 Å². The van der Waals surface area contributed by atoms with Crippen LogP contribution in [0.1, 0.15) is 11.1 Å². The fraction of sp³-hybridized carbons (Fsp3) is 0.200. The van der Waals surface area contributed by atoms with E-state index in [1.165, 1.54) is 6.33 Å². The van der Waals surface area contributed by atoms with Gasteiger partial charge in [-0.1, -0.05) is 17.7 Å². The molecule has 0 saturated heterocycles. The highest BCUT2D eigenvalue weighted by Gasteiger charge is 2.17. The van der Waals surface area contributed by atoms with Crippen LogP contribution in [0.3, 0.4) is 0 Å². The number of benzene rings is 1. The van der Waals surface area contributed by atoms with Crippen LogP contribution < -0.4 is 4.72 Å². The van der Waals surface area contributed by atoms with Gasteiger partial charge in [0, 0.05) is 0 Å². The molecule has 0 saturated carbocycles. The summed E-state index contributed by atoms with van der Waals surface area (Å²) in [5.74, 6) is 0.102. The molecule has 0 aliphatic carbocycles. The fourth-order valence-corrected chi connectivity index (χ4v) is 2.73. The van der Waals surface area contributed by atoms with Gasteiger partial charge in [0.2, 0.25) is 5.95 Å². The molecule has 17 heavy (non-hydrogen) atoms. The van der Waals surface area contributed by atoms with Gasteiger partial charge in [-0.3, -0.25) is 0 Å². The second-order valence-electron chi connectivity index (χ2n) is 3.71. The number of H-pyrrole nitrogens is 1. The lowest BCUT2D eigenvalue weighted by Gasteiger charge is -2.08. The maximum absolute atomic E-state index is 12.0. The molecule has 90 valence electrons. The summed E-state index contributed by atoms with van der Waals surface area (Å²) in [6.45, 7) is 3.66. The molecule has 0 bridgehead atoms. The Morgan fingerprint density at radius 1 is 1.29 bits per heavy atom. The number of aryl methyl sites for hydroxylation is 2. The molecule has 1 aromatic carbocycles. The molecule has 0 spiro atoms. The summed E-state index contributed by atoms with van der Waals surface area (Å²) in [6, 6.07) is 5.14. The maximum atomic E-state index is 12.0. The summed E-state index contributed by atoms with van der Waals surface area (Å²) >= 11 is 0. The normalized spacial score (nSPS) is 11.4. The molecule has 0 fully saturated rings. The molecular weight excluding hydrogens is 240 g/mol. The van der Waals surface area contributed by atoms with E-state index in [2.05, 4.69) is 19.9 Å². The summed E-state index contributed by atoms with van der Waals surface area (Å²) in [5, 5.41) is 6.02. The van der Waals surface area contributed by atoms with Gasteiger partial charge in [0.05, 0.1) is 4.90 Å². The maximum Gasteiger partial charge on any atom is 0.264 e. The Morgan fingerprint density at radius 2 is 2.06 bits per heavy atom. The van der Waals surface area contributed by atoms with Crippen LogP contribution in [0.5, 0.6) is 0 Å². The Bertz CT molecular complexity index is 620. The lowest BCUT2D eigenvalue weighted by Crippen LogP contribution is -2.15. The Kier molecular flexibility index (Phi) is 2.84. The van der Waals surface area contributed by atoms with E-state index in [0.29, 0.717) is 5.56 Å². The average Bonchev–Trinajstić information content (AvgIpc) is 2.68. The van der Waals surface area contributed by atoms with Crippen LogP contribution in [0.4, 0.5) is 5.95 Å². The van der Waals surface area contributed by atoms with Gasteiger partial charge in [0.1, 0.15) is 6.33 Å². The summed E-state index contributed by atoms with van der Waals surface area (Å²) in [7, 11) is -3.61. The molecule has 7 heteroatoms. The third-order valence-electron chi connectivity index (χ3n) is 2.27. The van der Waals surface area contributed by atoms with Crippen LogP contribution in [0, 0.1) is 13.8 Å². The van der Waals surface area contributed by atoms with Crippen molar-refractivity contribution in [2.24, 2.45) is 0 Å². The van der Waals surface area contributed by atoms with E-state index in [-0.39, 0.29) is 10.8 Å². The van der Waals surface area contributed by atoms with Crippen molar-refractivity contribution in [1.82, 2.24) is 15.2 Å². The highest BCUT2D eigenvalue weighted by molar-refractivity contribution is 7.92. The SMILES string of the molecule is Cc1ccc(S(=O)(=O)Nc2ncn[nH]2)c(C)c1. The van der Waals surface area contributed by atoms with Crippen molar-refractivity contribution in [3.8, 4) is 0 Å². The number of aromatic amines is 1. The van der Waals surface area contributed by atoms with Gasteiger partial charge in [0.25, 0.3) is 10.0 Å². The zero-order valence-corrected chi connectivity index (χ0v) is 10.2. The van der Waals surface area contributed by atoms with Crippen molar-refractivity contribution in [2.45, 2.75) is 18.7 Å². The van der Waals surface area contributed by atoms with E-state index >= 15 is 0 Å². The van der Waals surface area contributed by atoms with Crippen molar-refractivity contribution in [3.05, 3.63) is 35.7 Å². The molecule has 6 nitrogen and oxygen atoms in total. The van der Waals surface area contributed by atoms with Gasteiger partial charge in [-0.25, -0.2) is 18.2 Å². The highest BCUT2D eigenvalue weighted by Crippen LogP contribution is 2.18. The number of nitrogens with zero attached hydrogens (tertiary/aromatic N) is 2. The number of nitrogens with one attached hydrogen (secondary N) is 2. The smallest absolute Gasteiger partial charge is 0.248 e. The molecular formula is C10H12N4O2S. The van der Waals surface area contributed by atoms with Gasteiger partial charge in [0.15, 0.2) is 0 Å². The summed E-state index contributed by atoms with van der Waals surface area (Å²) < 4.78 is 26.4. The van der Waals surface area contributed by atoms with E-state index in [0.717, 1.165) is 5.56 Å². The third-order valence-corrected chi connectivity index (χ3v) is 3.77. The quantitative estimate of drug-likeness (QED) is 0.859. The van der Waals surface area contributed by atoms with Gasteiger partial charge in [-0.2, -0.15) is 10.1 Å². The number of aromatic nitrogens is 3. The van der Waals surface area contributed by atoms with Crippen LogP contribution in [-0.2, 0) is 10.0 Å². The van der Waals surface area contributed by atoms with E-state index in [9.17, 15) is 8.42 Å². The first kappa shape index (κ1) is 11.6. The van der Waals surface area contributed by atoms with Crippen LogP contribution in [-0.4, -0.2) is 23.6 Å². The number of sulfonamides is 1. The topological polar surface area (TPSA) is 87.7 Å². The molecule has 2 N–H and O–H groups in total. The molecule has 0 radical (unpaired) electrons. The van der Waals surface area contributed by atoms with Gasteiger partial charge in [-0.15, -0.1) is 0 Å². The molecule has 2 aromatic rings. The predicted octanol–water partition coefficient (Wildman–Crippen LogP) is 1.22. The average molecular weight is 252 g/mol. The molecule has 0 unspecified atom stereocenters. The second kappa shape index (κ2) is 4.17. The minimum atomic E-state index is -3.61. The molecule has 0 amide bonds. The van der Waals surface area contributed by atoms with E-state index in [4.69, 9.17) is 0 Å². The van der Waals surface area contributed by atoms with Crippen LogP contribution in [0.2, 0.25) is 0 Å². The zero-order valence-electron chi connectivity index (χ0n) is 9.43. The molecule has 2 rings (SSSR count). The summed E-state index contributed by atoms with van der Waals surface area (Å²) in [5.41, 5.74) is 1.71. The molecule has 0 atom stereocenters. The lowest BCUT2D eigenvalue weighted by molar-refractivity contribution is 0.600. The van der Waals surface area contributed by atoms with Gasteiger partial charge in [-0.05, 0) is 25.5 Å². The number of hydrogen-bond acceptors (Lipinski definition) is 4. The lowest BCUT2D eigenvalue weighted by atomic mass is 10.2. The van der Waals surface area contributed by atoms with Crippen molar-refractivity contribution in [1.29, 1.82) is 0 Å². The van der Waals surface area contributed by atoms with Gasteiger partial charge < -0.3 is 0 Å². The molecule has 0 aliphatic heterocycles. The van der Waals surface area contributed by atoms with Crippen LogP contribution >= 0.6 is 0 Å². The Hall–Kier alpha value is -1.89. The van der Waals surface area contributed by atoms with E-state index < -0.39 is 10.0 Å². The first-order valence-electron chi connectivity index (χ1n) is 4.94. The number of hydrogen-bond donors (Lipinski definition) is 2. The molecule has 1 heterocycles. The number of anilines is 1. The fourth-order valence-electron chi connectivity index (χ4n) is 1.54. The van der Waals surface area contributed by atoms with Crippen LogP contribution in [0.25, 0.3) is 0 Å². The largest absolute Gasteiger partial charge is 0.264 e. The molecule has 1 aromatic heterocycles. The second-order valence-corrected chi connectivity index (χ2v) is 5.36. The van der Waals surface area contributed by atoms with Crippen molar-refractivity contribution < 1.29 is 8.42 Å². The highest BCUT2D eigenvalue weighted by atomic mass is 32.2. The van der Waals surface area contributed by atoms with Gasteiger partial charge >= 0.3 is 0 Å². The van der Waals surface area contributed by atoms with Crippen LogP contribution in [0.15, 0.2) is 29.4 Å². The Labute approximate surface area is 99.1 Å². The first-order chi connectivity index (χ1) is 7.99.